The largest absolute Gasteiger partial charge is 0.459 e. The van der Waals surface area contributed by atoms with E-state index in [0.717, 1.165) is 6.26 Å². The van der Waals surface area contributed by atoms with E-state index in [4.69, 9.17) is 8.92 Å². The van der Waals surface area contributed by atoms with E-state index in [-0.39, 0.29) is 12.2 Å². The normalized spacial score (nSPS) is 25.3. The molecule has 0 N–H and O–H groups in total. The molecule has 0 heterocycles. The van der Waals surface area contributed by atoms with E-state index < -0.39 is 16.1 Å². The van der Waals surface area contributed by atoms with Gasteiger partial charge in [-0.2, -0.15) is 8.42 Å². The number of carbonyl (C=O) groups is 1. The zero-order valence-corrected chi connectivity index (χ0v) is 11.0. The Kier molecular flexibility index (Phi) is 4.70. The maximum absolute atomic E-state index is 11.3. The van der Waals surface area contributed by atoms with Gasteiger partial charge in [0, 0.05) is 5.57 Å². The molecule has 0 aliphatic heterocycles. The van der Waals surface area contributed by atoms with Crippen molar-refractivity contribution in [1.29, 1.82) is 0 Å². The van der Waals surface area contributed by atoms with Gasteiger partial charge in [-0.25, -0.2) is 4.79 Å². The lowest BCUT2D eigenvalue weighted by atomic mass is 9.95. The molecule has 5 nitrogen and oxygen atoms in total. The number of ether oxygens (including phenoxy) is 1. The first-order valence-corrected chi connectivity index (χ1v) is 7.34. The molecule has 6 heteroatoms. The SMILES string of the molecule is C=C(C)C(=O)OC1CCC(OS(C)(=O)=O)CC1. The average Bonchev–Trinajstić information content (AvgIpc) is 2.18. The third-order valence-corrected chi connectivity index (χ3v) is 3.18. The van der Waals surface area contributed by atoms with Crippen LogP contribution in [0.5, 0.6) is 0 Å². The van der Waals surface area contributed by atoms with E-state index in [2.05, 4.69) is 6.58 Å². The summed E-state index contributed by atoms with van der Waals surface area (Å²) in [5, 5.41) is 0. The van der Waals surface area contributed by atoms with E-state index in [1.807, 2.05) is 0 Å². The van der Waals surface area contributed by atoms with Gasteiger partial charge in [0.25, 0.3) is 10.1 Å². The van der Waals surface area contributed by atoms with Crippen molar-refractivity contribution in [3.05, 3.63) is 12.2 Å². The van der Waals surface area contributed by atoms with Crippen LogP contribution < -0.4 is 0 Å². The zero-order chi connectivity index (χ0) is 13.1. The van der Waals surface area contributed by atoms with Crippen LogP contribution in [0.1, 0.15) is 32.6 Å². The Morgan fingerprint density at radius 3 is 2.06 bits per heavy atom. The van der Waals surface area contributed by atoms with Gasteiger partial charge in [-0.3, -0.25) is 4.18 Å². The van der Waals surface area contributed by atoms with Crippen molar-refractivity contribution >= 4 is 16.1 Å². The fourth-order valence-corrected chi connectivity index (χ4v) is 2.43. The standard InChI is InChI=1S/C11H18O5S/c1-8(2)11(12)15-9-4-6-10(7-5-9)16-17(3,13)14/h9-10H,1,4-7H2,2-3H3. The maximum Gasteiger partial charge on any atom is 0.333 e. The third kappa shape index (κ3) is 5.32. The van der Waals surface area contributed by atoms with Crippen molar-refractivity contribution < 1.29 is 22.1 Å². The highest BCUT2D eigenvalue weighted by atomic mass is 32.2. The molecule has 0 unspecified atom stereocenters. The van der Waals surface area contributed by atoms with Crippen LogP contribution in [0.3, 0.4) is 0 Å². The third-order valence-electron chi connectivity index (χ3n) is 2.55. The zero-order valence-electron chi connectivity index (χ0n) is 10.1. The second-order valence-corrected chi connectivity index (χ2v) is 5.99. The smallest absolute Gasteiger partial charge is 0.333 e. The van der Waals surface area contributed by atoms with Crippen molar-refractivity contribution in [3.8, 4) is 0 Å². The monoisotopic (exact) mass is 262 g/mol. The van der Waals surface area contributed by atoms with Crippen molar-refractivity contribution in [2.75, 3.05) is 6.26 Å². The molecule has 0 amide bonds. The molecule has 1 fully saturated rings. The van der Waals surface area contributed by atoms with Crippen molar-refractivity contribution in [1.82, 2.24) is 0 Å². The minimum absolute atomic E-state index is 0.154. The first-order valence-electron chi connectivity index (χ1n) is 5.52. The number of rotatable bonds is 4. The maximum atomic E-state index is 11.3. The lowest BCUT2D eigenvalue weighted by Crippen LogP contribution is -2.29. The molecule has 0 spiro atoms. The van der Waals surface area contributed by atoms with Gasteiger partial charge in [-0.05, 0) is 32.6 Å². The predicted molar refractivity (Wildman–Crippen MR) is 62.9 cm³/mol. The summed E-state index contributed by atoms with van der Waals surface area (Å²) in [6.07, 6.45) is 3.02. The van der Waals surface area contributed by atoms with Crippen molar-refractivity contribution in [3.63, 3.8) is 0 Å². The summed E-state index contributed by atoms with van der Waals surface area (Å²) in [6.45, 7) is 5.10. The Hall–Kier alpha value is -0.880. The van der Waals surface area contributed by atoms with Gasteiger partial charge in [0.05, 0.1) is 12.4 Å². The Labute approximate surface area is 102 Å². The summed E-state index contributed by atoms with van der Waals surface area (Å²) in [5.41, 5.74) is 0.375. The Bertz CT molecular complexity index is 390. The van der Waals surface area contributed by atoms with Crippen LogP contribution in [0.25, 0.3) is 0 Å². The molecule has 0 bridgehead atoms. The van der Waals surface area contributed by atoms with E-state index >= 15 is 0 Å². The minimum Gasteiger partial charge on any atom is -0.459 e. The van der Waals surface area contributed by atoms with Gasteiger partial charge < -0.3 is 4.74 Å². The lowest BCUT2D eigenvalue weighted by Gasteiger charge is -2.27. The Balaban J connectivity index is 2.36. The van der Waals surface area contributed by atoms with E-state index in [1.54, 1.807) is 6.92 Å². The van der Waals surface area contributed by atoms with Crippen molar-refractivity contribution in [2.45, 2.75) is 44.8 Å². The summed E-state index contributed by atoms with van der Waals surface area (Å²) in [6, 6.07) is 0. The van der Waals surface area contributed by atoms with Crippen LogP contribution >= 0.6 is 0 Å². The second-order valence-electron chi connectivity index (χ2n) is 4.38. The van der Waals surface area contributed by atoms with E-state index in [1.165, 1.54) is 0 Å². The molecule has 0 atom stereocenters. The van der Waals surface area contributed by atoms with Gasteiger partial charge in [0.1, 0.15) is 6.10 Å². The van der Waals surface area contributed by atoms with Gasteiger partial charge in [0.2, 0.25) is 0 Å². The van der Waals surface area contributed by atoms with Gasteiger partial charge in [-0.15, -0.1) is 0 Å². The van der Waals surface area contributed by atoms with Crippen LogP contribution in [0.2, 0.25) is 0 Å². The summed E-state index contributed by atoms with van der Waals surface area (Å²) >= 11 is 0. The van der Waals surface area contributed by atoms with Crippen LogP contribution in [0.15, 0.2) is 12.2 Å². The molecule has 1 saturated carbocycles. The first-order chi connectivity index (χ1) is 7.78. The van der Waals surface area contributed by atoms with Crippen LogP contribution in [0.4, 0.5) is 0 Å². The minimum atomic E-state index is -3.40. The number of esters is 1. The number of hydrogen-bond acceptors (Lipinski definition) is 5. The highest BCUT2D eigenvalue weighted by molar-refractivity contribution is 7.86. The van der Waals surface area contributed by atoms with Crippen LogP contribution in [0, 0.1) is 0 Å². The second kappa shape index (κ2) is 5.64. The Morgan fingerprint density at radius 1 is 1.18 bits per heavy atom. The van der Waals surface area contributed by atoms with E-state index in [9.17, 15) is 13.2 Å². The average molecular weight is 262 g/mol. The van der Waals surface area contributed by atoms with Gasteiger partial charge >= 0.3 is 5.97 Å². The molecule has 0 radical (unpaired) electrons. The molecule has 1 aliphatic carbocycles. The molecular weight excluding hydrogens is 244 g/mol. The first kappa shape index (κ1) is 14.2. The Morgan fingerprint density at radius 2 is 1.65 bits per heavy atom. The molecule has 1 rings (SSSR count). The van der Waals surface area contributed by atoms with E-state index in [0.29, 0.717) is 31.3 Å². The molecule has 98 valence electrons. The molecule has 0 aromatic heterocycles. The predicted octanol–water partition coefficient (Wildman–Crippen LogP) is 1.39. The summed E-state index contributed by atoms with van der Waals surface area (Å²) in [5.74, 6) is -0.391. The van der Waals surface area contributed by atoms with Crippen molar-refractivity contribution in [2.24, 2.45) is 0 Å². The topological polar surface area (TPSA) is 69.7 Å². The highest BCUT2D eigenvalue weighted by Gasteiger charge is 2.26. The van der Waals surface area contributed by atoms with Gasteiger partial charge in [0.15, 0.2) is 0 Å². The lowest BCUT2D eigenvalue weighted by molar-refractivity contribution is -0.146. The summed E-state index contributed by atoms with van der Waals surface area (Å²) < 4.78 is 31.9. The molecule has 0 aromatic carbocycles. The molecule has 0 saturated heterocycles. The van der Waals surface area contributed by atoms with Gasteiger partial charge in [-0.1, -0.05) is 6.58 Å². The molecule has 1 aliphatic rings. The summed E-state index contributed by atoms with van der Waals surface area (Å²) in [7, 11) is -3.40. The number of carbonyl (C=O) groups excluding carboxylic acids is 1. The quantitative estimate of drug-likeness (QED) is 0.435. The molecule has 17 heavy (non-hydrogen) atoms. The fraction of sp³-hybridized carbons (Fsp3) is 0.727. The van der Waals surface area contributed by atoms with Crippen LogP contribution in [-0.4, -0.2) is 32.9 Å². The molecular formula is C11H18O5S. The summed E-state index contributed by atoms with van der Waals surface area (Å²) in [4.78, 5) is 11.3. The fourth-order valence-electron chi connectivity index (χ4n) is 1.75. The highest BCUT2D eigenvalue weighted by Crippen LogP contribution is 2.24. The molecule has 0 aromatic rings. The number of hydrogen-bond donors (Lipinski definition) is 0. The van der Waals surface area contributed by atoms with Crippen LogP contribution in [-0.2, 0) is 23.8 Å².